The van der Waals surface area contributed by atoms with Crippen LogP contribution in [-0.4, -0.2) is 71.1 Å². The highest BCUT2D eigenvalue weighted by Crippen LogP contribution is 2.41. The molecule has 3 aromatic rings. The van der Waals surface area contributed by atoms with E-state index in [1.807, 2.05) is 49.1 Å². The zero-order chi connectivity index (χ0) is 32.4. The molecule has 1 unspecified atom stereocenters. The van der Waals surface area contributed by atoms with Gasteiger partial charge in [0.1, 0.15) is 6.61 Å². The minimum absolute atomic E-state index is 0.00682. The van der Waals surface area contributed by atoms with Crippen molar-refractivity contribution in [1.82, 2.24) is 19.7 Å². The van der Waals surface area contributed by atoms with Gasteiger partial charge in [-0.05, 0) is 81.7 Å². The van der Waals surface area contributed by atoms with Crippen LogP contribution in [0.25, 0.3) is 0 Å². The van der Waals surface area contributed by atoms with Crippen molar-refractivity contribution in [2.45, 2.75) is 71.2 Å². The van der Waals surface area contributed by atoms with Crippen LogP contribution in [0, 0.1) is 25.7 Å². The third-order valence-electron chi connectivity index (χ3n) is 10.1. The Labute approximate surface area is 264 Å². The number of carbonyl (C=O) groups is 1. The quantitative estimate of drug-likeness (QED) is 0.270. The number of carbonyl (C=O) groups excluding carboxylic acids is 1. The van der Waals surface area contributed by atoms with Crippen LogP contribution in [0.2, 0.25) is 0 Å². The molecule has 2 fully saturated rings. The van der Waals surface area contributed by atoms with E-state index in [2.05, 4.69) is 23.8 Å². The van der Waals surface area contributed by atoms with Gasteiger partial charge in [0, 0.05) is 38.2 Å². The molecule has 2 aliphatic heterocycles. The molecule has 0 radical (unpaired) electrons. The van der Waals surface area contributed by atoms with Gasteiger partial charge < -0.3 is 14.5 Å². The van der Waals surface area contributed by atoms with Gasteiger partial charge in [-0.15, -0.1) is 9.94 Å². The van der Waals surface area contributed by atoms with E-state index in [-0.39, 0.29) is 17.4 Å². The molecule has 5 rings (SSSR count). The number of benzene rings is 2. The van der Waals surface area contributed by atoms with Crippen molar-refractivity contribution in [2.75, 3.05) is 39.9 Å². The van der Waals surface area contributed by atoms with Gasteiger partial charge in [0.2, 0.25) is 0 Å². The maximum atomic E-state index is 13.7. The second kappa shape index (κ2) is 13.5. The van der Waals surface area contributed by atoms with Gasteiger partial charge in [-0.25, -0.2) is 0 Å². The van der Waals surface area contributed by atoms with Crippen molar-refractivity contribution in [3.8, 4) is 0 Å². The molecule has 2 aromatic carbocycles. The van der Waals surface area contributed by atoms with E-state index in [1.54, 1.807) is 19.2 Å². The van der Waals surface area contributed by atoms with Gasteiger partial charge in [-0.2, -0.15) is 13.2 Å². The topological polar surface area (TPSA) is 59.8 Å². The molecule has 0 N–H and O–H groups in total. The maximum absolute atomic E-state index is 13.7. The Morgan fingerprint density at radius 1 is 1.04 bits per heavy atom. The molecule has 1 aromatic heterocycles. The minimum Gasteiger partial charge on any atom is -0.392 e. The lowest BCUT2D eigenvalue weighted by Crippen LogP contribution is -2.58. The number of nitrogens with zero attached hydrogens (tertiary/aromatic N) is 4. The normalized spacial score (nSPS) is 21.5. The monoisotopic (exact) mass is 626 g/mol. The first kappa shape index (κ1) is 33.0. The lowest BCUT2D eigenvalue weighted by Gasteiger charge is -2.51. The summed E-state index contributed by atoms with van der Waals surface area (Å²) in [7, 11) is 1.65. The Hall–Kier alpha value is -3.37. The molecular weight excluding hydrogens is 581 g/mol. The number of ether oxygens (including phenoxy) is 1. The molecule has 2 saturated heterocycles. The third kappa shape index (κ3) is 7.22. The van der Waals surface area contributed by atoms with Crippen molar-refractivity contribution < 1.29 is 27.5 Å². The molecule has 2 aliphatic rings. The summed E-state index contributed by atoms with van der Waals surface area (Å²) in [4.78, 5) is 25.6. The van der Waals surface area contributed by atoms with Gasteiger partial charge in [0.25, 0.3) is 5.91 Å². The molecule has 0 saturated carbocycles. The molecule has 10 heteroatoms. The van der Waals surface area contributed by atoms with Crippen molar-refractivity contribution in [2.24, 2.45) is 11.8 Å². The number of methoxy groups -OCH3 is 1. The Morgan fingerprint density at radius 3 is 2.31 bits per heavy atom. The van der Waals surface area contributed by atoms with Crippen molar-refractivity contribution >= 4 is 5.91 Å². The number of hydrogen-bond donors (Lipinski definition) is 0. The van der Waals surface area contributed by atoms with Crippen molar-refractivity contribution in [3.63, 3.8) is 0 Å². The predicted octanol–water partition coefficient (Wildman–Crippen LogP) is 6.53. The molecule has 1 amide bonds. The summed E-state index contributed by atoms with van der Waals surface area (Å²) in [5.41, 5.74) is 3.23. The fourth-order valence-electron chi connectivity index (χ4n) is 7.25. The molecule has 3 heterocycles. The number of piperidine rings is 2. The summed E-state index contributed by atoms with van der Waals surface area (Å²) >= 11 is 0. The maximum Gasteiger partial charge on any atom is 0.416 e. The SMILES string of the molecule is COC[C@@H](c1ccc(C(F)(F)F)cc1)C1CCN(C2(C)CCN(C(=O)c3c(C)nn(OCc4ccccc4)c3C)CC2)C[C@@H]1C. The first-order valence-corrected chi connectivity index (χ1v) is 15.8. The molecule has 3 atom stereocenters. The van der Waals surface area contributed by atoms with Crippen LogP contribution >= 0.6 is 0 Å². The first-order valence-electron chi connectivity index (χ1n) is 15.8. The zero-order valence-corrected chi connectivity index (χ0v) is 26.9. The van der Waals surface area contributed by atoms with Gasteiger partial charge in [-0.3, -0.25) is 9.69 Å². The molecule has 244 valence electrons. The summed E-state index contributed by atoms with van der Waals surface area (Å²) in [5, 5.41) is 4.50. The Bertz CT molecular complexity index is 1430. The second-order valence-electron chi connectivity index (χ2n) is 13.0. The van der Waals surface area contributed by atoms with E-state index < -0.39 is 11.7 Å². The lowest BCUT2D eigenvalue weighted by atomic mass is 9.73. The van der Waals surface area contributed by atoms with Gasteiger partial charge in [-0.1, -0.05) is 49.4 Å². The Balaban J connectivity index is 1.19. The van der Waals surface area contributed by atoms with Crippen LogP contribution < -0.4 is 4.84 Å². The van der Waals surface area contributed by atoms with Crippen LogP contribution in [-0.2, 0) is 17.5 Å². The van der Waals surface area contributed by atoms with Gasteiger partial charge >= 0.3 is 6.18 Å². The van der Waals surface area contributed by atoms with Gasteiger partial charge in [0.05, 0.1) is 29.1 Å². The summed E-state index contributed by atoms with van der Waals surface area (Å²) in [6.07, 6.45) is -1.67. The first-order chi connectivity index (χ1) is 21.4. The summed E-state index contributed by atoms with van der Waals surface area (Å²) in [5.74, 6) is 0.665. The molecule has 7 nitrogen and oxygen atoms in total. The predicted molar refractivity (Wildman–Crippen MR) is 167 cm³/mol. The zero-order valence-electron chi connectivity index (χ0n) is 26.9. The number of likely N-dealkylation sites (tertiary alicyclic amines) is 2. The van der Waals surface area contributed by atoms with Crippen LogP contribution in [0.5, 0.6) is 0 Å². The Morgan fingerprint density at radius 2 is 1.71 bits per heavy atom. The minimum atomic E-state index is -4.35. The van der Waals surface area contributed by atoms with Crippen LogP contribution in [0.3, 0.4) is 0 Å². The summed E-state index contributed by atoms with van der Waals surface area (Å²) < 4.78 is 45.0. The fraction of sp³-hybridized carbons (Fsp3) is 0.543. The number of alkyl halides is 3. The van der Waals surface area contributed by atoms with E-state index in [1.165, 1.54) is 17.0 Å². The highest BCUT2D eigenvalue weighted by Gasteiger charge is 2.42. The highest BCUT2D eigenvalue weighted by atomic mass is 19.4. The number of hydrogen-bond acceptors (Lipinski definition) is 5. The van der Waals surface area contributed by atoms with E-state index in [0.717, 1.165) is 43.5 Å². The number of aryl methyl sites for hydroxylation is 1. The molecule has 0 aliphatic carbocycles. The number of rotatable bonds is 9. The summed E-state index contributed by atoms with van der Waals surface area (Å²) in [6, 6.07) is 15.4. The fourth-order valence-corrected chi connectivity index (χ4v) is 7.25. The molecule has 45 heavy (non-hydrogen) atoms. The molecule has 0 bridgehead atoms. The van der Waals surface area contributed by atoms with E-state index in [9.17, 15) is 18.0 Å². The highest BCUT2D eigenvalue weighted by molar-refractivity contribution is 5.96. The van der Waals surface area contributed by atoms with Crippen molar-refractivity contribution in [3.05, 3.63) is 88.2 Å². The lowest BCUT2D eigenvalue weighted by molar-refractivity contribution is -0.137. The average molecular weight is 627 g/mol. The van der Waals surface area contributed by atoms with Crippen LogP contribution in [0.4, 0.5) is 13.2 Å². The van der Waals surface area contributed by atoms with Gasteiger partial charge in [0.15, 0.2) is 0 Å². The van der Waals surface area contributed by atoms with Crippen LogP contribution in [0.1, 0.15) is 77.5 Å². The Kier molecular flexibility index (Phi) is 9.94. The van der Waals surface area contributed by atoms with E-state index >= 15 is 0 Å². The van der Waals surface area contributed by atoms with E-state index in [0.29, 0.717) is 55.1 Å². The number of amides is 1. The van der Waals surface area contributed by atoms with E-state index in [4.69, 9.17) is 9.57 Å². The number of aromatic nitrogens is 2. The third-order valence-corrected chi connectivity index (χ3v) is 10.1. The molecule has 0 spiro atoms. The van der Waals surface area contributed by atoms with Crippen LogP contribution in [0.15, 0.2) is 54.6 Å². The average Bonchev–Trinajstić information content (AvgIpc) is 3.31. The summed E-state index contributed by atoms with van der Waals surface area (Å²) in [6.45, 7) is 12.2. The number of halogens is 3. The standard InChI is InChI=1S/C35H45F3N4O3/c1-24-21-41(18-15-30(24)31(23-44-5)28-11-13-29(14-12-28)35(36,37)38)34(4)16-19-40(20-17-34)33(43)32-25(2)39-42(26(32)3)45-22-27-9-7-6-8-10-27/h6-14,24,30-31H,15-23H2,1-5H3/t24-,30?,31-/m0/s1. The smallest absolute Gasteiger partial charge is 0.392 e. The largest absolute Gasteiger partial charge is 0.416 e. The van der Waals surface area contributed by atoms with Crippen molar-refractivity contribution in [1.29, 1.82) is 0 Å². The molecular formula is C35H45F3N4O3. The second-order valence-corrected chi connectivity index (χ2v) is 13.0.